The van der Waals surface area contributed by atoms with Crippen LogP contribution in [-0.2, 0) is 21.7 Å². The van der Waals surface area contributed by atoms with E-state index in [4.69, 9.17) is 23.2 Å². The number of anilines is 2. The second-order valence-electron chi connectivity index (χ2n) is 27.4. The summed E-state index contributed by atoms with van der Waals surface area (Å²) in [5.41, 5.74) is 24.3. The van der Waals surface area contributed by atoms with Gasteiger partial charge in [0.15, 0.2) is 0 Å². The molecule has 0 saturated heterocycles. The summed E-state index contributed by atoms with van der Waals surface area (Å²) >= 11 is 14.4. The van der Waals surface area contributed by atoms with Crippen molar-refractivity contribution in [2.24, 2.45) is 0 Å². The van der Waals surface area contributed by atoms with Crippen LogP contribution in [0.1, 0.15) is 161 Å². The predicted molar refractivity (Wildman–Crippen MR) is 388 cm³/mol. The van der Waals surface area contributed by atoms with Gasteiger partial charge in [0.2, 0.25) is 0 Å². The Morgan fingerprint density at radius 2 is 0.730 bits per heavy atom. The largest absolute Gasteiger partial charge is 0.344 e. The fourth-order valence-corrected chi connectivity index (χ4v) is 17.4. The first-order valence-electron chi connectivity index (χ1n) is 32.9. The molecule has 2 aliphatic heterocycles. The van der Waals surface area contributed by atoms with E-state index < -0.39 is 0 Å². The first-order valence-corrected chi connectivity index (χ1v) is 33.7. The van der Waals surface area contributed by atoms with Gasteiger partial charge in [-0.1, -0.05) is 262 Å². The Morgan fingerprint density at radius 1 is 0.371 bits per heavy atom. The Hall–Kier alpha value is -7.62. The molecule has 0 atom stereocenters. The van der Waals surface area contributed by atoms with Crippen molar-refractivity contribution in [1.82, 2.24) is 0 Å². The van der Waals surface area contributed by atoms with Gasteiger partial charge in [0.05, 0.1) is 0 Å². The standard InChI is InChI=1S/C43H44ClN.C42H42ClN/c1-7-32-35-24-20-28-14-9-11-18-33(28)39(35)42(3,4)36(32)25-21-30-16-13-17-31(41(30)44)23-27-38-43(5,6)40-34-19-12-10-15-29(34)22-26-37(40)45(38)8-2;1-7-31-34-23-19-27-13-9-11-15-32(27)38(34)41(3,4)35(31)24-20-29-17-18-30(40(29)43)22-26-37-42(5,6)39-33-16-12-10-14-28(33)21-25-36(39)44(37)8-2/h9-12,14-15,18-27H,7-8,13,16-17H2,1-6H3;9-16,19-26H,7-8,17-18H2,1-6H3/b25-21+,31-23?,38-27+;24-20+,30-22?,37-26+. The van der Waals surface area contributed by atoms with Crippen LogP contribution in [-0.4, -0.2) is 13.1 Å². The van der Waals surface area contributed by atoms with Gasteiger partial charge in [0.25, 0.3) is 0 Å². The van der Waals surface area contributed by atoms with Gasteiger partial charge in [-0.15, -0.1) is 0 Å². The maximum Gasteiger partial charge on any atom is 0.0470 e. The molecule has 8 aromatic carbocycles. The number of hydrogen-bond acceptors (Lipinski definition) is 2. The van der Waals surface area contributed by atoms with E-state index in [-0.39, 0.29) is 21.7 Å². The summed E-state index contributed by atoms with van der Waals surface area (Å²) < 4.78 is 0. The van der Waals surface area contributed by atoms with E-state index >= 15 is 0 Å². The Morgan fingerprint density at radius 3 is 1.12 bits per heavy atom. The van der Waals surface area contributed by atoms with Crippen molar-refractivity contribution >= 4 is 88.8 Å². The molecule has 0 saturated carbocycles. The van der Waals surface area contributed by atoms with Crippen molar-refractivity contribution in [1.29, 1.82) is 0 Å². The molecule has 0 unspecified atom stereocenters. The molecular formula is C85H86Cl2N2. The lowest BCUT2D eigenvalue weighted by Gasteiger charge is -2.26. The van der Waals surface area contributed by atoms with Crippen LogP contribution < -0.4 is 9.80 Å². The van der Waals surface area contributed by atoms with Gasteiger partial charge in [0, 0.05) is 67.6 Å². The molecule has 0 spiro atoms. The number of rotatable bonds is 10. The van der Waals surface area contributed by atoms with E-state index in [0.29, 0.717) is 0 Å². The van der Waals surface area contributed by atoms with Crippen molar-refractivity contribution in [2.75, 3.05) is 22.9 Å². The molecular weight excluding hydrogens is 1120 g/mol. The lowest BCUT2D eigenvalue weighted by molar-refractivity contribution is 0.638. The number of hydrogen-bond donors (Lipinski definition) is 0. The van der Waals surface area contributed by atoms with Gasteiger partial charge in [0.1, 0.15) is 0 Å². The van der Waals surface area contributed by atoms with E-state index in [1.807, 2.05) is 0 Å². The van der Waals surface area contributed by atoms with Crippen molar-refractivity contribution in [2.45, 2.75) is 150 Å². The van der Waals surface area contributed by atoms with Gasteiger partial charge in [-0.2, -0.15) is 0 Å². The first-order chi connectivity index (χ1) is 42.9. The Labute approximate surface area is 540 Å². The molecule has 89 heavy (non-hydrogen) atoms. The summed E-state index contributed by atoms with van der Waals surface area (Å²) in [7, 11) is 0. The summed E-state index contributed by atoms with van der Waals surface area (Å²) in [6, 6.07) is 53.6. The smallest absolute Gasteiger partial charge is 0.0470 e. The highest BCUT2D eigenvalue weighted by molar-refractivity contribution is 6.33. The number of benzene rings is 8. The maximum absolute atomic E-state index is 7.24. The number of fused-ring (bicyclic) bond motifs is 12. The third-order valence-corrected chi connectivity index (χ3v) is 22.0. The van der Waals surface area contributed by atoms with Crippen molar-refractivity contribution < 1.29 is 0 Å². The zero-order chi connectivity index (χ0) is 62.3. The SMILES string of the molecule is CCC1=C(/C=C/C2=C(Cl)C(=C/C=C3/N(CC)c4ccc5ccccc5c4C3(C)C)CC2)C(C)(C)c2c1ccc1ccccc21.CCC1=C(/C=C/C2=C(Cl)C(=C/C=C3/N(CC)c4ccc5ccccc5c4C3(C)C)CCC2)C(C)(C)c2c1ccc1ccccc21. The average molecular weight is 1210 g/mol. The van der Waals surface area contributed by atoms with Crippen molar-refractivity contribution in [3.8, 4) is 0 Å². The van der Waals surface area contributed by atoms with Crippen LogP contribution in [0.25, 0.3) is 54.2 Å². The number of halogens is 2. The summed E-state index contributed by atoms with van der Waals surface area (Å²) in [6.07, 6.45) is 25.8. The van der Waals surface area contributed by atoms with Crippen molar-refractivity contribution in [3.05, 3.63) is 282 Å². The molecule has 2 nitrogen and oxygen atoms in total. The zero-order valence-electron chi connectivity index (χ0n) is 54.5. The van der Waals surface area contributed by atoms with Crippen LogP contribution >= 0.6 is 23.2 Å². The monoisotopic (exact) mass is 1200 g/mol. The van der Waals surface area contributed by atoms with Gasteiger partial charge in [-0.05, 0) is 204 Å². The van der Waals surface area contributed by atoms with Crippen molar-refractivity contribution in [3.63, 3.8) is 0 Å². The number of allylic oxidation sites excluding steroid dienone is 20. The van der Waals surface area contributed by atoms with Gasteiger partial charge in [-0.25, -0.2) is 0 Å². The molecule has 4 heteroatoms. The zero-order valence-corrected chi connectivity index (χ0v) is 56.0. The minimum atomic E-state index is -0.104. The van der Waals surface area contributed by atoms with Gasteiger partial charge < -0.3 is 9.80 Å². The Kier molecular flexibility index (Phi) is 15.8. The minimum Gasteiger partial charge on any atom is -0.344 e. The maximum atomic E-state index is 7.24. The third-order valence-electron chi connectivity index (χ3n) is 21.1. The summed E-state index contributed by atoms with van der Waals surface area (Å²) in [6.45, 7) is 29.9. The molecule has 0 bridgehead atoms. The second-order valence-corrected chi connectivity index (χ2v) is 28.2. The van der Waals surface area contributed by atoms with Crippen LogP contribution in [0.2, 0.25) is 0 Å². The van der Waals surface area contributed by atoms with E-state index in [2.05, 4.69) is 287 Å². The summed E-state index contributed by atoms with van der Waals surface area (Å²) in [5, 5.41) is 12.5. The Bertz CT molecular complexity index is 4580. The topological polar surface area (TPSA) is 6.48 Å². The molecule has 0 N–H and O–H groups in total. The molecule has 4 aliphatic carbocycles. The number of likely N-dealkylation sites (N-methyl/N-ethyl adjacent to an activating group) is 2. The van der Waals surface area contributed by atoms with Crippen LogP contribution in [0.3, 0.4) is 0 Å². The highest BCUT2D eigenvalue weighted by Gasteiger charge is 2.43. The molecule has 6 aliphatic rings. The van der Waals surface area contributed by atoms with Crippen LogP contribution in [0, 0.1) is 0 Å². The average Bonchev–Trinajstić information content (AvgIpc) is 1.63. The van der Waals surface area contributed by atoms with Gasteiger partial charge in [-0.3, -0.25) is 0 Å². The first kappa shape index (κ1) is 60.3. The lowest BCUT2D eigenvalue weighted by atomic mass is 9.78. The quantitative estimate of drug-likeness (QED) is 0.135. The molecule has 0 radical (unpaired) electrons. The molecule has 2 heterocycles. The highest BCUT2D eigenvalue weighted by atomic mass is 35.5. The fraction of sp³-hybridized carbons (Fsp3) is 0.294. The normalized spacial score (nSPS) is 20.8. The molecule has 8 aromatic rings. The van der Waals surface area contributed by atoms with E-state index in [1.54, 1.807) is 0 Å². The number of nitrogens with zero attached hydrogens (tertiary/aromatic N) is 2. The van der Waals surface area contributed by atoms with E-state index in [0.717, 1.165) is 68.1 Å². The summed E-state index contributed by atoms with van der Waals surface area (Å²) in [5.74, 6) is 0. The van der Waals surface area contributed by atoms with Crippen LogP contribution in [0.15, 0.2) is 249 Å². The van der Waals surface area contributed by atoms with E-state index in [9.17, 15) is 0 Å². The second kappa shape index (κ2) is 23.3. The molecule has 0 amide bonds. The Balaban J connectivity index is 0.000000164. The molecule has 0 aromatic heterocycles. The van der Waals surface area contributed by atoms with Crippen LogP contribution in [0.4, 0.5) is 11.4 Å². The predicted octanol–water partition coefficient (Wildman–Crippen LogP) is 24.2. The van der Waals surface area contributed by atoms with E-state index in [1.165, 1.54) is 144 Å². The molecule has 14 rings (SSSR count). The third kappa shape index (κ3) is 9.90. The highest BCUT2D eigenvalue weighted by Crippen LogP contribution is 2.55. The molecule has 450 valence electrons. The molecule has 0 fully saturated rings. The van der Waals surface area contributed by atoms with Crippen LogP contribution in [0.5, 0.6) is 0 Å². The fourth-order valence-electron chi connectivity index (χ4n) is 16.8. The van der Waals surface area contributed by atoms with Gasteiger partial charge >= 0.3 is 0 Å². The summed E-state index contributed by atoms with van der Waals surface area (Å²) in [4.78, 5) is 4.97. The minimum absolute atomic E-state index is 0.0659. The lowest BCUT2D eigenvalue weighted by Crippen LogP contribution is -2.25.